The summed E-state index contributed by atoms with van der Waals surface area (Å²) < 4.78 is 5.22. The molecule has 168 valence electrons. The Balaban J connectivity index is 0. The van der Waals surface area contributed by atoms with Gasteiger partial charge in [-0.05, 0) is 25.7 Å². The third-order valence-electron chi connectivity index (χ3n) is 4.86. The number of nitrogens with one attached hydrogen (secondary N) is 2. The molecule has 2 fully saturated rings. The van der Waals surface area contributed by atoms with E-state index in [0.29, 0.717) is 12.1 Å². The van der Waals surface area contributed by atoms with Gasteiger partial charge in [0.2, 0.25) is 11.8 Å². The molecule has 0 spiro atoms. The largest absolute Gasteiger partial charge is 0.381 e. The highest BCUT2D eigenvalue weighted by Gasteiger charge is 2.25. The summed E-state index contributed by atoms with van der Waals surface area (Å²) in [5.41, 5.74) is -0.518. The monoisotopic (exact) mass is 400 g/mol. The highest BCUT2D eigenvalue weighted by Crippen LogP contribution is 2.20. The van der Waals surface area contributed by atoms with E-state index in [4.69, 9.17) is 4.74 Å². The molecule has 0 unspecified atom stereocenters. The van der Waals surface area contributed by atoms with Crippen LogP contribution in [0.4, 0.5) is 0 Å². The average molecular weight is 401 g/mol. The molecule has 1 aliphatic carbocycles. The van der Waals surface area contributed by atoms with Gasteiger partial charge >= 0.3 is 0 Å². The summed E-state index contributed by atoms with van der Waals surface area (Å²) in [5.74, 6) is 0.332. The maximum absolute atomic E-state index is 11.6. The second-order valence-corrected chi connectivity index (χ2v) is 9.67. The van der Waals surface area contributed by atoms with Crippen molar-refractivity contribution in [3.63, 3.8) is 0 Å². The van der Waals surface area contributed by atoms with Crippen LogP contribution in [0.3, 0.4) is 0 Å². The summed E-state index contributed by atoms with van der Waals surface area (Å²) in [6.07, 6.45) is 8.11. The van der Waals surface area contributed by atoms with E-state index in [-0.39, 0.29) is 37.5 Å². The van der Waals surface area contributed by atoms with Gasteiger partial charge < -0.3 is 15.4 Å². The van der Waals surface area contributed by atoms with Crippen LogP contribution in [-0.2, 0) is 14.3 Å². The van der Waals surface area contributed by atoms with E-state index in [9.17, 15) is 9.59 Å². The smallest absolute Gasteiger partial charge is 0.225 e. The first kappa shape index (κ1) is 29.1. The van der Waals surface area contributed by atoms with Crippen molar-refractivity contribution in [3.8, 4) is 0 Å². The molecular formula is C23H48N2O3. The van der Waals surface area contributed by atoms with Crippen LogP contribution >= 0.6 is 0 Å². The Labute approximate surface area is 174 Å². The van der Waals surface area contributed by atoms with Gasteiger partial charge in [0.15, 0.2) is 0 Å². The fraction of sp³-hybridized carbons (Fsp3) is 0.913. The van der Waals surface area contributed by atoms with Crippen molar-refractivity contribution in [1.29, 1.82) is 0 Å². The van der Waals surface area contributed by atoms with Crippen LogP contribution in [0.5, 0.6) is 0 Å². The number of ether oxygens (including phenoxy) is 1. The second kappa shape index (κ2) is 13.2. The summed E-state index contributed by atoms with van der Waals surface area (Å²) in [6, 6.07) is 0.765. The van der Waals surface area contributed by atoms with Gasteiger partial charge in [0.1, 0.15) is 0 Å². The molecule has 5 nitrogen and oxygen atoms in total. The lowest BCUT2D eigenvalue weighted by Gasteiger charge is -2.27. The number of rotatable bonds is 2. The van der Waals surface area contributed by atoms with Crippen molar-refractivity contribution in [2.24, 2.45) is 10.8 Å². The number of hydrogen-bond donors (Lipinski definition) is 2. The van der Waals surface area contributed by atoms with E-state index in [1.165, 1.54) is 32.1 Å². The summed E-state index contributed by atoms with van der Waals surface area (Å²) >= 11 is 0. The molecule has 2 aliphatic rings. The maximum Gasteiger partial charge on any atom is 0.225 e. The topological polar surface area (TPSA) is 67.4 Å². The minimum atomic E-state index is -0.279. The molecule has 1 aliphatic heterocycles. The maximum atomic E-state index is 11.6. The van der Waals surface area contributed by atoms with Crippen molar-refractivity contribution in [2.45, 2.75) is 113 Å². The van der Waals surface area contributed by atoms with Crippen molar-refractivity contribution in [3.05, 3.63) is 0 Å². The van der Waals surface area contributed by atoms with E-state index in [1.54, 1.807) is 0 Å². The molecule has 28 heavy (non-hydrogen) atoms. The van der Waals surface area contributed by atoms with Crippen LogP contribution in [0.15, 0.2) is 0 Å². The van der Waals surface area contributed by atoms with Gasteiger partial charge in [0.05, 0.1) is 0 Å². The molecule has 0 aromatic heterocycles. The molecule has 1 heterocycles. The van der Waals surface area contributed by atoms with Gasteiger partial charge in [-0.15, -0.1) is 0 Å². The first-order valence-corrected chi connectivity index (χ1v) is 10.2. The molecule has 0 aromatic rings. The quantitative estimate of drug-likeness (QED) is 0.679. The minimum absolute atomic E-state index is 0. The first-order chi connectivity index (χ1) is 12.0. The van der Waals surface area contributed by atoms with Crippen molar-refractivity contribution >= 4 is 11.8 Å². The van der Waals surface area contributed by atoms with E-state index in [0.717, 1.165) is 26.1 Å². The summed E-state index contributed by atoms with van der Waals surface area (Å²) in [4.78, 5) is 23.2. The number of hydrogen-bond acceptors (Lipinski definition) is 3. The number of carbonyl (C=O) groups excluding carboxylic acids is 2. The normalized spacial score (nSPS) is 18.5. The van der Waals surface area contributed by atoms with E-state index in [1.807, 2.05) is 41.5 Å². The lowest BCUT2D eigenvalue weighted by molar-refractivity contribution is -0.130. The number of amides is 2. The van der Waals surface area contributed by atoms with Crippen molar-refractivity contribution in [1.82, 2.24) is 10.6 Å². The van der Waals surface area contributed by atoms with Crippen molar-refractivity contribution in [2.75, 3.05) is 13.2 Å². The molecular weight excluding hydrogens is 352 g/mol. The Kier molecular flexibility index (Phi) is 13.7. The van der Waals surface area contributed by atoms with Crippen LogP contribution in [-0.4, -0.2) is 37.1 Å². The van der Waals surface area contributed by atoms with Crippen LogP contribution in [0.1, 0.15) is 101 Å². The Bertz CT molecular complexity index is 396. The molecule has 0 aromatic carbocycles. The Hall–Kier alpha value is -1.10. The molecule has 2 N–H and O–H groups in total. The Morgan fingerprint density at radius 2 is 1.04 bits per heavy atom. The minimum Gasteiger partial charge on any atom is -0.381 e. The standard InChI is InChI=1S/C11H21NO.C10H19NO2.2CH4/c1-11(2,3)10(13)12-9-7-5-4-6-8-9;1-10(2,3)9(12)11-8-4-6-13-7-5-8;;/h9H,4-8H2,1-3H3,(H,12,13);8H,4-7H2,1-3H3,(H,11,12);2*1H4. The second-order valence-electron chi connectivity index (χ2n) is 9.67. The van der Waals surface area contributed by atoms with Crippen LogP contribution in [0, 0.1) is 10.8 Å². The predicted molar refractivity (Wildman–Crippen MR) is 119 cm³/mol. The van der Waals surface area contributed by atoms with Gasteiger partial charge in [0.25, 0.3) is 0 Å². The third-order valence-corrected chi connectivity index (χ3v) is 4.86. The van der Waals surface area contributed by atoms with Gasteiger partial charge in [-0.3, -0.25) is 9.59 Å². The summed E-state index contributed by atoms with van der Waals surface area (Å²) in [7, 11) is 0. The van der Waals surface area contributed by atoms with Gasteiger partial charge in [-0.1, -0.05) is 75.7 Å². The average Bonchev–Trinajstić information content (AvgIpc) is 2.55. The Morgan fingerprint density at radius 1 is 0.679 bits per heavy atom. The zero-order chi connectivity index (χ0) is 19.8. The lowest BCUT2D eigenvalue weighted by atomic mass is 9.91. The van der Waals surface area contributed by atoms with E-state index < -0.39 is 0 Å². The molecule has 0 bridgehead atoms. The molecule has 1 saturated carbocycles. The zero-order valence-corrected chi connectivity index (χ0v) is 17.7. The van der Waals surface area contributed by atoms with Gasteiger partial charge in [0, 0.05) is 36.1 Å². The summed E-state index contributed by atoms with van der Waals surface area (Å²) in [5, 5.41) is 6.16. The highest BCUT2D eigenvalue weighted by atomic mass is 16.5. The fourth-order valence-corrected chi connectivity index (χ4v) is 2.89. The van der Waals surface area contributed by atoms with Crippen LogP contribution in [0.2, 0.25) is 0 Å². The SMILES string of the molecule is C.C.CC(C)(C)C(=O)NC1CCCCC1.CC(C)(C)C(=O)NC1CCOCC1. The van der Waals surface area contributed by atoms with Gasteiger partial charge in [-0.25, -0.2) is 0 Å². The molecule has 2 amide bonds. The molecule has 5 heteroatoms. The van der Waals surface area contributed by atoms with Gasteiger partial charge in [-0.2, -0.15) is 0 Å². The zero-order valence-electron chi connectivity index (χ0n) is 17.7. The summed E-state index contributed by atoms with van der Waals surface area (Å²) in [6.45, 7) is 13.2. The first-order valence-electron chi connectivity index (χ1n) is 10.2. The third kappa shape index (κ3) is 11.7. The van der Waals surface area contributed by atoms with E-state index in [2.05, 4.69) is 10.6 Å². The molecule has 0 atom stereocenters. The van der Waals surface area contributed by atoms with Crippen LogP contribution in [0.25, 0.3) is 0 Å². The van der Waals surface area contributed by atoms with E-state index >= 15 is 0 Å². The Morgan fingerprint density at radius 3 is 1.39 bits per heavy atom. The predicted octanol–water partition coefficient (Wildman–Crippen LogP) is 5.08. The molecule has 2 rings (SSSR count). The van der Waals surface area contributed by atoms with Crippen molar-refractivity contribution < 1.29 is 14.3 Å². The lowest BCUT2D eigenvalue weighted by Crippen LogP contribution is -2.44. The number of carbonyl (C=O) groups is 2. The molecule has 1 saturated heterocycles. The van der Waals surface area contributed by atoms with Crippen LogP contribution < -0.4 is 10.6 Å². The molecule has 0 radical (unpaired) electrons. The fourth-order valence-electron chi connectivity index (χ4n) is 2.89. The highest BCUT2D eigenvalue weighted by molar-refractivity contribution is 5.82.